The molecule has 0 atom stereocenters. The fraction of sp³-hybridized carbons (Fsp3) is 0.133. The van der Waals surface area contributed by atoms with E-state index in [1.54, 1.807) is 18.2 Å². The van der Waals surface area contributed by atoms with E-state index in [-0.39, 0.29) is 11.3 Å². The molecule has 0 aliphatic rings. The molecule has 2 rings (SSSR count). The van der Waals surface area contributed by atoms with Gasteiger partial charge in [-0.15, -0.1) is 0 Å². The van der Waals surface area contributed by atoms with Crippen molar-refractivity contribution in [1.82, 2.24) is 0 Å². The molecule has 96 valence electrons. The predicted molar refractivity (Wildman–Crippen MR) is 70.2 cm³/mol. The monoisotopic (exact) mass is 258 g/mol. The molecule has 0 amide bonds. The van der Waals surface area contributed by atoms with Gasteiger partial charge in [0.1, 0.15) is 6.07 Å². The van der Waals surface area contributed by atoms with Crippen LogP contribution < -0.4 is 5.32 Å². The summed E-state index contributed by atoms with van der Waals surface area (Å²) in [6, 6.07) is 11.6. The maximum Gasteiger partial charge on any atom is 0.183 e. The lowest BCUT2D eigenvalue weighted by Crippen LogP contribution is -1.98. The predicted octanol–water partition coefficient (Wildman–Crippen LogP) is 4.14. The van der Waals surface area contributed by atoms with E-state index < -0.39 is 11.6 Å². The van der Waals surface area contributed by atoms with Crippen molar-refractivity contribution < 1.29 is 8.78 Å². The summed E-state index contributed by atoms with van der Waals surface area (Å²) in [7, 11) is 0. The van der Waals surface area contributed by atoms with Gasteiger partial charge >= 0.3 is 0 Å². The van der Waals surface area contributed by atoms with Crippen LogP contribution in [-0.4, -0.2) is 0 Å². The van der Waals surface area contributed by atoms with Crippen LogP contribution in [0.4, 0.5) is 20.2 Å². The van der Waals surface area contributed by atoms with Gasteiger partial charge in [0.2, 0.25) is 0 Å². The van der Waals surface area contributed by atoms with Crippen molar-refractivity contribution in [1.29, 1.82) is 5.26 Å². The second-order valence-corrected chi connectivity index (χ2v) is 4.08. The highest BCUT2D eigenvalue weighted by Gasteiger charge is 2.13. The van der Waals surface area contributed by atoms with Crippen molar-refractivity contribution in [2.45, 2.75) is 13.3 Å². The zero-order valence-electron chi connectivity index (χ0n) is 10.4. The van der Waals surface area contributed by atoms with E-state index in [0.29, 0.717) is 5.69 Å². The van der Waals surface area contributed by atoms with Gasteiger partial charge in [0.25, 0.3) is 0 Å². The van der Waals surface area contributed by atoms with Gasteiger partial charge < -0.3 is 5.32 Å². The van der Waals surface area contributed by atoms with Gasteiger partial charge in [-0.3, -0.25) is 0 Å². The first-order valence-corrected chi connectivity index (χ1v) is 5.89. The first kappa shape index (κ1) is 13.0. The highest BCUT2D eigenvalue weighted by Crippen LogP contribution is 2.24. The Morgan fingerprint density at radius 3 is 2.32 bits per heavy atom. The standard InChI is InChI=1S/C15H12F2N2/c1-2-10-3-6-12(7-4-10)19-13-8-5-11(9-18)14(16)15(13)17/h3-8,19H,2H2,1H3. The summed E-state index contributed by atoms with van der Waals surface area (Å²) >= 11 is 0. The van der Waals surface area contributed by atoms with Crippen LogP contribution in [0.5, 0.6) is 0 Å². The Bertz CT molecular complexity index is 628. The molecule has 0 spiro atoms. The summed E-state index contributed by atoms with van der Waals surface area (Å²) in [6.07, 6.45) is 0.917. The summed E-state index contributed by atoms with van der Waals surface area (Å²) in [5.74, 6) is -2.17. The van der Waals surface area contributed by atoms with Crippen LogP contribution in [0.3, 0.4) is 0 Å². The van der Waals surface area contributed by atoms with Crippen molar-refractivity contribution in [2.75, 3.05) is 5.32 Å². The Morgan fingerprint density at radius 1 is 1.05 bits per heavy atom. The summed E-state index contributed by atoms with van der Waals surface area (Å²) in [5, 5.41) is 11.4. The molecule has 2 nitrogen and oxygen atoms in total. The number of nitrogens with zero attached hydrogens (tertiary/aromatic N) is 1. The molecule has 0 aliphatic heterocycles. The maximum atomic E-state index is 13.7. The SMILES string of the molecule is CCc1ccc(Nc2ccc(C#N)c(F)c2F)cc1. The summed E-state index contributed by atoms with van der Waals surface area (Å²) in [5.41, 5.74) is 1.54. The second-order valence-electron chi connectivity index (χ2n) is 4.08. The van der Waals surface area contributed by atoms with Crippen LogP contribution in [0.1, 0.15) is 18.1 Å². The van der Waals surface area contributed by atoms with E-state index >= 15 is 0 Å². The zero-order valence-corrected chi connectivity index (χ0v) is 10.4. The lowest BCUT2D eigenvalue weighted by molar-refractivity contribution is 0.509. The van der Waals surface area contributed by atoms with Gasteiger partial charge in [0.15, 0.2) is 11.6 Å². The number of hydrogen-bond acceptors (Lipinski definition) is 2. The molecular weight excluding hydrogens is 246 g/mol. The number of benzene rings is 2. The van der Waals surface area contributed by atoms with Gasteiger partial charge in [0, 0.05) is 5.69 Å². The Labute approximate surface area is 110 Å². The van der Waals surface area contributed by atoms with Crippen LogP contribution in [-0.2, 0) is 6.42 Å². The molecule has 0 aromatic heterocycles. The van der Waals surface area contributed by atoms with Gasteiger partial charge in [-0.25, -0.2) is 8.78 Å². The fourth-order valence-electron chi connectivity index (χ4n) is 1.71. The fourth-order valence-corrected chi connectivity index (χ4v) is 1.71. The lowest BCUT2D eigenvalue weighted by Gasteiger charge is -2.09. The lowest BCUT2D eigenvalue weighted by atomic mass is 10.1. The molecule has 0 unspecified atom stereocenters. The van der Waals surface area contributed by atoms with Crippen LogP contribution in [0.15, 0.2) is 36.4 Å². The van der Waals surface area contributed by atoms with Crippen LogP contribution in [0.2, 0.25) is 0 Å². The molecule has 0 bridgehead atoms. The number of rotatable bonds is 3. The molecule has 0 aliphatic carbocycles. The molecular formula is C15H12F2N2. The number of nitrogens with one attached hydrogen (secondary N) is 1. The van der Waals surface area contributed by atoms with Gasteiger partial charge in [-0.05, 0) is 36.2 Å². The summed E-state index contributed by atoms with van der Waals surface area (Å²) in [4.78, 5) is 0. The molecule has 4 heteroatoms. The maximum absolute atomic E-state index is 13.7. The largest absolute Gasteiger partial charge is 0.353 e. The summed E-state index contributed by atoms with van der Waals surface area (Å²) < 4.78 is 27.1. The Morgan fingerprint density at radius 2 is 1.74 bits per heavy atom. The van der Waals surface area contributed by atoms with Crippen LogP contribution in [0.25, 0.3) is 0 Å². The molecule has 0 saturated carbocycles. The van der Waals surface area contributed by atoms with Crippen molar-refractivity contribution >= 4 is 11.4 Å². The van der Waals surface area contributed by atoms with E-state index in [1.807, 2.05) is 19.1 Å². The van der Waals surface area contributed by atoms with Crippen molar-refractivity contribution in [3.63, 3.8) is 0 Å². The number of aryl methyl sites for hydroxylation is 1. The average molecular weight is 258 g/mol. The number of anilines is 2. The van der Waals surface area contributed by atoms with E-state index in [4.69, 9.17) is 5.26 Å². The third-order valence-electron chi connectivity index (χ3n) is 2.84. The first-order valence-electron chi connectivity index (χ1n) is 5.89. The molecule has 1 N–H and O–H groups in total. The highest BCUT2D eigenvalue weighted by atomic mass is 19.2. The Kier molecular flexibility index (Phi) is 3.76. The second kappa shape index (κ2) is 5.49. The molecule has 2 aromatic rings. The van der Waals surface area contributed by atoms with E-state index in [0.717, 1.165) is 12.0 Å². The van der Waals surface area contributed by atoms with E-state index in [9.17, 15) is 8.78 Å². The Hall–Kier alpha value is -2.41. The topological polar surface area (TPSA) is 35.8 Å². The first-order chi connectivity index (χ1) is 9.15. The molecule has 2 aromatic carbocycles. The smallest absolute Gasteiger partial charge is 0.183 e. The molecule has 0 radical (unpaired) electrons. The minimum Gasteiger partial charge on any atom is -0.353 e. The third kappa shape index (κ3) is 2.71. The average Bonchev–Trinajstić information content (AvgIpc) is 2.45. The quantitative estimate of drug-likeness (QED) is 0.898. The van der Waals surface area contributed by atoms with Crippen molar-refractivity contribution in [2.24, 2.45) is 0 Å². The van der Waals surface area contributed by atoms with Gasteiger partial charge in [0.05, 0.1) is 11.3 Å². The zero-order chi connectivity index (χ0) is 13.8. The Balaban J connectivity index is 2.28. The molecule has 19 heavy (non-hydrogen) atoms. The minimum atomic E-state index is -1.13. The number of halogens is 2. The van der Waals surface area contributed by atoms with Crippen molar-refractivity contribution in [3.8, 4) is 6.07 Å². The summed E-state index contributed by atoms with van der Waals surface area (Å²) in [6.45, 7) is 2.04. The normalized spacial score (nSPS) is 10.0. The molecule has 0 heterocycles. The number of hydrogen-bond donors (Lipinski definition) is 1. The minimum absolute atomic E-state index is 0.0146. The molecule has 0 fully saturated rings. The van der Waals surface area contributed by atoms with E-state index in [1.165, 1.54) is 12.1 Å². The highest BCUT2D eigenvalue weighted by molar-refractivity contribution is 5.61. The van der Waals surface area contributed by atoms with Crippen LogP contribution >= 0.6 is 0 Å². The van der Waals surface area contributed by atoms with Gasteiger partial charge in [-0.1, -0.05) is 19.1 Å². The number of nitriles is 1. The molecule has 0 saturated heterocycles. The van der Waals surface area contributed by atoms with Crippen LogP contribution in [0, 0.1) is 23.0 Å². The van der Waals surface area contributed by atoms with Gasteiger partial charge in [-0.2, -0.15) is 5.26 Å². The third-order valence-corrected chi connectivity index (χ3v) is 2.84. The van der Waals surface area contributed by atoms with E-state index in [2.05, 4.69) is 5.32 Å². The van der Waals surface area contributed by atoms with Crippen molar-refractivity contribution in [3.05, 3.63) is 59.2 Å².